The molecule has 1 fully saturated rings. The average Bonchev–Trinajstić information content (AvgIpc) is 1.83. The van der Waals surface area contributed by atoms with Gasteiger partial charge in [-0.2, -0.15) is 11.8 Å². The topological polar surface area (TPSA) is 37.3 Å². The van der Waals surface area contributed by atoms with Crippen molar-refractivity contribution in [2.45, 2.75) is 44.0 Å². The van der Waals surface area contributed by atoms with E-state index >= 15 is 0 Å². The Kier molecular flexibility index (Phi) is 2.55. The Hall–Kier alpha value is -0.0200. The highest BCUT2D eigenvalue weighted by molar-refractivity contribution is 8.00. The van der Waals surface area contributed by atoms with Crippen molar-refractivity contribution in [1.82, 2.24) is 0 Å². The second-order valence-electron chi connectivity index (χ2n) is 4.12. The van der Waals surface area contributed by atoms with E-state index in [4.69, 9.17) is 0 Å². The third-order valence-corrected chi connectivity index (χ3v) is 3.72. The highest BCUT2D eigenvalue weighted by Crippen LogP contribution is 2.41. The molecular formula is C9H16O2S. The van der Waals surface area contributed by atoms with Gasteiger partial charge in [0, 0.05) is 4.75 Å². The summed E-state index contributed by atoms with van der Waals surface area (Å²) in [5.74, 6) is 0.791. The Morgan fingerprint density at radius 2 is 2.08 bits per heavy atom. The van der Waals surface area contributed by atoms with Crippen LogP contribution in [0.3, 0.4) is 0 Å². The van der Waals surface area contributed by atoms with E-state index in [0.717, 1.165) is 5.75 Å². The smallest absolute Gasteiger partial charge is 0.161 e. The molecule has 0 spiro atoms. The molecule has 0 amide bonds. The van der Waals surface area contributed by atoms with Crippen LogP contribution < -0.4 is 0 Å². The molecule has 1 saturated heterocycles. The third kappa shape index (κ3) is 2.02. The van der Waals surface area contributed by atoms with E-state index in [1.165, 1.54) is 6.92 Å². The minimum Gasteiger partial charge on any atom is -0.382 e. The summed E-state index contributed by atoms with van der Waals surface area (Å²) in [4.78, 5) is 11.1. The van der Waals surface area contributed by atoms with Crippen LogP contribution in [0, 0.1) is 0 Å². The van der Waals surface area contributed by atoms with E-state index in [0.29, 0.717) is 12.8 Å². The van der Waals surface area contributed by atoms with Crippen LogP contribution in [0.2, 0.25) is 0 Å². The van der Waals surface area contributed by atoms with Gasteiger partial charge in [-0.25, -0.2) is 0 Å². The molecule has 0 bridgehead atoms. The summed E-state index contributed by atoms with van der Waals surface area (Å²) in [6, 6.07) is 0. The molecule has 0 aromatic rings. The van der Waals surface area contributed by atoms with Gasteiger partial charge in [-0.3, -0.25) is 4.79 Å². The Balaban J connectivity index is 2.74. The zero-order valence-electron chi connectivity index (χ0n) is 7.89. The molecule has 1 N–H and O–H groups in total. The molecule has 1 rings (SSSR count). The molecule has 1 aliphatic rings. The Morgan fingerprint density at radius 3 is 2.42 bits per heavy atom. The SMILES string of the molecule is CC(=O)C1(O)CCSC(C)(C)C1. The summed E-state index contributed by atoms with van der Waals surface area (Å²) in [7, 11) is 0. The molecule has 1 heterocycles. The van der Waals surface area contributed by atoms with Gasteiger partial charge in [-0.05, 0) is 25.5 Å². The number of ketones is 1. The van der Waals surface area contributed by atoms with Gasteiger partial charge in [-0.1, -0.05) is 13.8 Å². The minimum absolute atomic E-state index is 0.0403. The van der Waals surface area contributed by atoms with Crippen LogP contribution in [-0.4, -0.2) is 27.0 Å². The zero-order chi connectivity index (χ0) is 9.41. The lowest BCUT2D eigenvalue weighted by Gasteiger charge is -2.39. The molecule has 0 saturated carbocycles. The van der Waals surface area contributed by atoms with Crippen LogP contribution in [0.4, 0.5) is 0 Å². The summed E-state index contributed by atoms with van der Waals surface area (Å²) >= 11 is 1.83. The van der Waals surface area contributed by atoms with Crippen LogP contribution in [-0.2, 0) is 4.79 Å². The molecule has 1 atom stereocenters. The first-order valence-corrected chi connectivity index (χ1v) is 5.22. The van der Waals surface area contributed by atoms with E-state index < -0.39 is 5.60 Å². The van der Waals surface area contributed by atoms with Gasteiger partial charge in [0.05, 0.1) is 0 Å². The molecule has 0 radical (unpaired) electrons. The second kappa shape index (κ2) is 3.04. The van der Waals surface area contributed by atoms with Crippen molar-refractivity contribution in [2.24, 2.45) is 0 Å². The second-order valence-corrected chi connectivity index (χ2v) is 5.92. The predicted molar refractivity (Wildman–Crippen MR) is 51.4 cm³/mol. The van der Waals surface area contributed by atoms with E-state index in [-0.39, 0.29) is 10.5 Å². The molecule has 1 aliphatic heterocycles. The first-order valence-electron chi connectivity index (χ1n) is 4.23. The van der Waals surface area contributed by atoms with E-state index in [1.807, 2.05) is 11.8 Å². The van der Waals surface area contributed by atoms with Crippen molar-refractivity contribution < 1.29 is 9.90 Å². The largest absolute Gasteiger partial charge is 0.382 e. The number of Topliss-reactive ketones (excluding diaryl/α,β-unsaturated/α-hetero) is 1. The van der Waals surface area contributed by atoms with Gasteiger partial charge in [0.25, 0.3) is 0 Å². The molecule has 0 aliphatic carbocycles. The Bertz CT molecular complexity index is 201. The van der Waals surface area contributed by atoms with E-state index in [2.05, 4.69) is 13.8 Å². The summed E-state index contributed by atoms with van der Waals surface area (Å²) in [5, 5.41) is 9.92. The highest BCUT2D eigenvalue weighted by atomic mass is 32.2. The number of hydrogen-bond donors (Lipinski definition) is 1. The number of carbonyl (C=O) groups is 1. The van der Waals surface area contributed by atoms with Crippen molar-refractivity contribution in [3.8, 4) is 0 Å². The maximum absolute atomic E-state index is 11.1. The van der Waals surface area contributed by atoms with Crippen LogP contribution in [0.25, 0.3) is 0 Å². The Labute approximate surface area is 77.7 Å². The highest BCUT2D eigenvalue weighted by Gasteiger charge is 2.42. The van der Waals surface area contributed by atoms with E-state index in [1.54, 1.807) is 0 Å². The Morgan fingerprint density at radius 1 is 1.50 bits per heavy atom. The maximum Gasteiger partial charge on any atom is 0.161 e. The van der Waals surface area contributed by atoms with Crippen LogP contribution in [0.15, 0.2) is 0 Å². The predicted octanol–water partition coefficient (Wildman–Crippen LogP) is 1.61. The number of thioether (sulfide) groups is 1. The summed E-state index contributed by atoms with van der Waals surface area (Å²) in [6.07, 6.45) is 1.19. The quantitative estimate of drug-likeness (QED) is 0.679. The van der Waals surface area contributed by atoms with E-state index in [9.17, 15) is 9.90 Å². The molecular weight excluding hydrogens is 172 g/mol. The molecule has 3 heteroatoms. The van der Waals surface area contributed by atoms with Crippen LogP contribution in [0.1, 0.15) is 33.6 Å². The van der Waals surface area contributed by atoms with Crippen LogP contribution in [0.5, 0.6) is 0 Å². The van der Waals surface area contributed by atoms with Crippen molar-refractivity contribution in [1.29, 1.82) is 0 Å². The first kappa shape index (κ1) is 10.1. The van der Waals surface area contributed by atoms with Crippen LogP contribution >= 0.6 is 11.8 Å². The molecule has 2 nitrogen and oxygen atoms in total. The average molecular weight is 188 g/mol. The van der Waals surface area contributed by atoms with Gasteiger partial charge < -0.3 is 5.11 Å². The van der Waals surface area contributed by atoms with Crippen molar-refractivity contribution in [3.05, 3.63) is 0 Å². The van der Waals surface area contributed by atoms with Crippen molar-refractivity contribution >= 4 is 17.5 Å². The van der Waals surface area contributed by atoms with Crippen molar-refractivity contribution in [3.63, 3.8) is 0 Å². The standard InChI is InChI=1S/C9H16O2S/c1-7(10)9(11)4-5-12-8(2,3)6-9/h11H,4-6H2,1-3H3. The number of aliphatic hydroxyl groups is 1. The molecule has 12 heavy (non-hydrogen) atoms. The fraction of sp³-hybridized carbons (Fsp3) is 0.889. The number of hydrogen-bond acceptors (Lipinski definition) is 3. The summed E-state index contributed by atoms with van der Waals surface area (Å²) < 4.78 is 0.0403. The van der Waals surface area contributed by atoms with Crippen molar-refractivity contribution in [2.75, 3.05) is 5.75 Å². The lowest BCUT2D eigenvalue weighted by Crippen LogP contribution is -2.46. The van der Waals surface area contributed by atoms with Gasteiger partial charge in [-0.15, -0.1) is 0 Å². The molecule has 0 aromatic carbocycles. The lowest BCUT2D eigenvalue weighted by molar-refractivity contribution is -0.136. The third-order valence-electron chi connectivity index (χ3n) is 2.38. The van der Waals surface area contributed by atoms with Gasteiger partial charge >= 0.3 is 0 Å². The number of carbonyl (C=O) groups excluding carboxylic acids is 1. The fourth-order valence-electron chi connectivity index (χ4n) is 1.64. The first-order chi connectivity index (χ1) is 5.36. The zero-order valence-corrected chi connectivity index (χ0v) is 8.70. The maximum atomic E-state index is 11.1. The minimum atomic E-state index is -1.05. The monoisotopic (exact) mass is 188 g/mol. The van der Waals surface area contributed by atoms with Gasteiger partial charge in [0.2, 0.25) is 0 Å². The number of rotatable bonds is 1. The normalized spacial score (nSPS) is 34.7. The fourth-order valence-corrected chi connectivity index (χ4v) is 2.97. The molecule has 0 aromatic heterocycles. The molecule has 70 valence electrons. The van der Waals surface area contributed by atoms with Gasteiger partial charge in [0.1, 0.15) is 5.60 Å². The van der Waals surface area contributed by atoms with Gasteiger partial charge in [0.15, 0.2) is 5.78 Å². The molecule has 1 unspecified atom stereocenters. The summed E-state index contributed by atoms with van der Waals surface area (Å²) in [6.45, 7) is 5.63. The lowest BCUT2D eigenvalue weighted by atomic mass is 9.86. The summed E-state index contributed by atoms with van der Waals surface area (Å²) in [5.41, 5.74) is -1.05.